The Morgan fingerprint density at radius 3 is 2.23 bits per heavy atom. The standard InChI is InChI=1S/C22H18N8.H2O/c1-2-6-16(7-3-1)14-21-23-29-30(26-21)15-17-10-12-18(13-11-17)19-8-4-5-9-20(19)22-24-27-28-25-22;/h1-13H,14-15H2,(H,24,25,27,28);1H2. The molecule has 0 spiro atoms. The van der Waals surface area contributed by atoms with E-state index in [4.69, 9.17) is 0 Å². The first kappa shape index (κ1) is 20.0. The lowest BCUT2D eigenvalue weighted by Crippen LogP contribution is -2.04. The van der Waals surface area contributed by atoms with E-state index in [-0.39, 0.29) is 5.48 Å². The first-order valence-electron chi connectivity index (χ1n) is 9.58. The minimum absolute atomic E-state index is 0. The van der Waals surface area contributed by atoms with E-state index in [2.05, 4.69) is 78.5 Å². The summed E-state index contributed by atoms with van der Waals surface area (Å²) < 4.78 is 0. The second-order valence-electron chi connectivity index (χ2n) is 6.88. The predicted octanol–water partition coefficient (Wildman–Crippen LogP) is 2.33. The van der Waals surface area contributed by atoms with Crippen molar-refractivity contribution in [2.75, 3.05) is 0 Å². The van der Waals surface area contributed by atoms with Crippen molar-refractivity contribution in [3.8, 4) is 22.5 Å². The molecule has 0 fully saturated rings. The number of aromatic amines is 1. The zero-order valence-electron chi connectivity index (χ0n) is 16.6. The Kier molecular flexibility index (Phi) is 5.86. The minimum atomic E-state index is 0. The molecule has 0 amide bonds. The number of rotatable bonds is 6. The van der Waals surface area contributed by atoms with Crippen LogP contribution in [0, 0.1) is 0 Å². The van der Waals surface area contributed by atoms with E-state index in [1.807, 2.05) is 36.4 Å². The third kappa shape index (κ3) is 4.51. The summed E-state index contributed by atoms with van der Waals surface area (Å²) in [6.45, 7) is 0.564. The fraction of sp³-hybridized carbons (Fsp3) is 0.0909. The highest BCUT2D eigenvalue weighted by Gasteiger charge is 2.11. The minimum Gasteiger partial charge on any atom is -0.412 e. The van der Waals surface area contributed by atoms with Gasteiger partial charge in [0.1, 0.15) is 0 Å². The lowest BCUT2D eigenvalue weighted by molar-refractivity contribution is 0.571. The number of benzene rings is 3. The van der Waals surface area contributed by atoms with E-state index in [0.717, 1.165) is 22.3 Å². The van der Waals surface area contributed by atoms with Crippen molar-refractivity contribution < 1.29 is 5.48 Å². The molecule has 2 aromatic heterocycles. The number of aromatic nitrogens is 8. The van der Waals surface area contributed by atoms with Crippen molar-refractivity contribution >= 4 is 0 Å². The molecular weight excluding hydrogens is 392 g/mol. The van der Waals surface area contributed by atoms with E-state index in [9.17, 15) is 0 Å². The van der Waals surface area contributed by atoms with Crippen molar-refractivity contribution in [1.29, 1.82) is 0 Å². The van der Waals surface area contributed by atoms with Gasteiger partial charge in [0.2, 0.25) is 5.82 Å². The molecule has 3 N–H and O–H groups in total. The molecule has 0 aliphatic heterocycles. The molecular formula is C22H20N8O. The number of hydrogen-bond donors (Lipinski definition) is 1. The summed E-state index contributed by atoms with van der Waals surface area (Å²) in [5.74, 6) is 1.29. The van der Waals surface area contributed by atoms with Crippen LogP contribution >= 0.6 is 0 Å². The van der Waals surface area contributed by atoms with Gasteiger partial charge in [-0.05, 0) is 32.7 Å². The van der Waals surface area contributed by atoms with Crippen LogP contribution in [-0.4, -0.2) is 46.3 Å². The van der Waals surface area contributed by atoms with Crippen LogP contribution in [0.15, 0.2) is 78.9 Å². The summed E-state index contributed by atoms with van der Waals surface area (Å²) >= 11 is 0. The van der Waals surface area contributed by atoms with Gasteiger partial charge in [0.25, 0.3) is 0 Å². The zero-order valence-corrected chi connectivity index (χ0v) is 16.6. The quantitative estimate of drug-likeness (QED) is 0.456. The number of tetrazole rings is 2. The molecule has 0 bridgehead atoms. The second-order valence-corrected chi connectivity index (χ2v) is 6.88. The Morgan fingerprint density at radius 2 is 1.48 bits per heavy atom. The van der Waals surface area contributed by atoms with Crippen molar-refractivity contribution in [3.05, 3.63) is 95.8 Å². The van der Waals surface area contributed by atoms with Gasteiger partial charge in [-0.2, -0.15) is 10.0 Å². The van der Waals surface area contributed by atoms with Crippen molar-refractivity contribution in [2.45, 2.75) is 13.0 Å². The summed E-state index contributed by atoms with van der Waals surface area (Å²) in [5.41, 5.74) is 5.33. The van der Waals surface area contributed by atoms with Crippen LogP contribution < -0.4 is 0 Å². The molecule has 5 rings (SSSR count). The molecule has 9 nitrogen and oxygen atoms in total. The predicted molar refractivity (Wildman–Crippen MR) is 115 cm³/mol. The average Bonchev–Trinajstić information content (AvgIpc) is 3.48. The molecule has 0 saturated carbocycles. The van der Waals surface area contributed by atoms with E-state index in [1.54, 1.807) is 4.80 Å². The van der Waals surface area contributed by atoms with Crippen LogP contribution in [0.4, 0.5) is 0 Å². The summed E-state index contributed by atoms with van der Waals surface area (Å²) in [6, 6.07) is 26.5. The van der Waals surface area contributed by atoms with Crippen LogP contribution in [0.25, 0.3) is 22.5 Å². The van der Waals surface area contributed by atoms with Gasteiger partial charge in [0.15, 0.2) is 5.82 Å². The van der Waals surface area contributed by atoms with Gasteiger partial charge in [-0.25, -0.2) is 0 Å². The number of H-pyrrole nitrogens is 1. The van der Waals surface area contributed by atoms with Gasteiger partial charge in [0.05, 0.1) is 6.54 Å². The van der Waals surface area contributed by atoms with Gasteiger partial charge in [0, 0.05) is 12.0 Å². The fourth-order valence-electron chi connectivity index (χ4n) is 3.35. The molecule has 0 aliphatic rings. The van der Waals surface area contributed by atoms with Crippen LogP contribution in [-0.2, 0) is 13.0 Å². The maximum Gasteiger partial charge on any atom is 0.205 e. The SMILES string of the molecule is O.c1ccc(Cc2nnn(Cc3ccc(-c4ccccc4-c4nn[nH]n4)cc3)n2)cc1. The Labute approximate surface area is 178 Å². The van der Waals surface area contributed by atoms with Gasteiger partial charge in [-0.1, -0.05) is 78.9 Å². The molecule has 0 atom stereocenters. The lowest BCUT2D eigenvalue weighted by atomic mass is 9.98. The van der Waals surface area contributed by atoms with Crippen LogP contribution in [0.3, 0.4) is 0 Å². The summed E-state index contributed by atoms with van der Waals surface area (Å²) in [6.07, 6.45) is 0.673. The lowest BCUT2D eigenvalue weighted by Gasteiger charge is -2.08. The molecule has 0 aliphatic carbocycles. The first-order valence-corrected chi connectivity index (χ1v) is 9.58. The topological polar surface area (TPSA) is 130 Å². The Balaban J connectivity index is 0.00000231. The van der Waals surface area contributed by atoms with Crippen LogP contribution in [0.1, 0.15) is 17.0 Å². The molecule has 2 heterocycles. The number of hydrogen-bond acceptors (Lipinski definition) is 6. The van der Waals surface area contributed by atoms with E-state index in [1.165, 1.54) is 5.56 Å². The van der Waals surface area contributed by atoms with Crippen LogP contribution in [0.2, 0.25) is 0 Å². The zero-order chi connectivity index (χ0) is 20.2. The molecule has 31 heavy (non-hydrogen) atoms. The molecule has 0 saturated heterocycles. The average molecular weight is 412 g/mol. The van der Waals surface area contributed by atoms with Gasteiger partial charge in [-0.15, -0.1) is 20.4 Å². The van der Waals surface area contributed by atoms with Crippen molar-refractivity contribution in [3.63, 3.8) is 0 Å². The normalized spacial score (nSPS) is 10.6. The molecule has 0 unspecified atom stereocenters. The smallest absolute Gasteiger partial charge is 0.205 e. The second kappa shape index (κ2) is 9.06. The fourth-order valence-corrected chi connectivity index (χ4v) is 3.35. The van der Waals surface area contributed by atoms with Crippen LogP contribution in [0.5, 0.6) is 0 Å². The Morgan fingerprint density at radius 1 is 0.742 bits per heavy atom. The van der Waals surface area contributed by atoms with E-state index >= 15 is 0 Å². The first-order chi connectivity index (χ1) is 14.8. The van der Waals surface area contributed by atoms with Crippen molar-refractivity contribution in [2.24, 2.45) is 0 Å². The van der Waals surface area contributed by atoms with E-state index < -0.39 is 0 Å². The number of nitrogens with zero attached hydrogens (tertiary/aromatic N) is 7. The van der Waals surface area contributed by atoms with Gasteiger partial charge in [-0.3, -0.25) is 0 Å². The highest BCUT2D eigenvalue weighted by atomic mass is 16.0. The van der Waals surface area contributed by atoms with Gasteiger partial charge >= 0.3 is 0 Å². The summed E-state index contributed by atoms with van der Waals surface area (Å²) in [5, 5.41) is 27.2. The summed E-state index contributed by atoms with van der Waals surface area (Å²) in [4.78, 5) is 1.63. The third-order valence-electron chi connectivity index (χ3n) is 4.80. The summed E-state index contributed by atoms with van der Waals surface area (Å²) in [7, 11) is 0. The highest BCUT2D eigenvalue weighted by Crippen LogP contribution is 2.29. The highest BCUT2D eigenvalue weighted by molar-refractivity contribution is 5.80. The van der Waals surface area contributed by atoms with Gasteiger partial charge < -0.3 is 5.48 Å². The van der Waals surface area contributed by atoms with E-state index in [0.29, 0.717) is 24.6 Å². The number of nitrogens with one attached hydrogen (secondary N) is 1. The Hall–Kier alpha value is -4.24. The molecule has 0 radical (unpaired) electrons. The molecule has 9 heteroatoms. The maximum absolute atomic E-state index is 4.50. The Bertz CT molecular complexity index is 1230. The monoisotopic (exact) mass is 412 g/mol. The van der Waals surface area contributed by atoms with Crippen molar-refractivity contribution in [1.82, 2.24) is 40.8 Å². The molecule has 5 aromatic rings. The largest absolute Gasteiger partial charge is 0.412 e. The maximum atomic E-state index is 4.50. The third-order valence-corrected chi connectivity index (χ3v) is 4.80. The molecule has 154 valence electrons. The molecule has 3 aromatic carbocycles.